The molecule has 3 heteroatoms. The van der Waals surface area contributed by atoms with E-state index in [1.807, 2.05) is 6.08 Å². The van der Waals surface area contributed by atoms with Gasteiger partial charge in [-0.2, -0.15) is 0 Å². The Hall–Kier alpha value is -1.35. The molecule has 0 aromatic heterocycles. The Kier molecular flexibility index (Phi) is 4.26. The topological polar surface area (TPSA) is 49.3 Å². The molecule has 0 saturated heterocycles. The number of carbonyl (C=O) groups is 1. The third-order valence-electron chi connectivity index (χ3n) is 6.14. The molecular weight excluding hydrogens is 286 g/mol. The van der Waals surface area contributed by atoms with Crippen LogP contribution in [0.15, 0.2) is 34.4 Å². The molecule has 3 aliphatic carbocycles. The Bertz CT molecular complexity index is 611. The van der Waals surface area contributed by atoms with Crippen molar-refractivity contribution in [2.75, 3.05) is 7.05 Å². The number of rotatable bonds is 2. The average Bonchev–Trinajstić information content (AvgIpc) is 2.78. The first-order valence-corrected chi connectivity index (χ1v) is 8.92. The summed E-state index contributed by atoms with van der Waals surface area (Å²) in [5.41, 5.74) is 5.30. The molecule has 3 atom stereocenters. The Balaban J connectivity index is 2.09. The largest absolute Gasteiger partial charge is 0.392 e. The van der Waals surface area contributed by atoms with Crippen molar-refractivity contribution in [2.45, 2.75) is 59.0 Å². The summed E-state index contributed by atoms with van der Waals surface area (Å²) in [6.45, 7) is 6.93. The summed E-state index contributed by atoms with van der Waals surface area (Å²) in [5.74, 6) is 0.643. The van der Waals surface area contributed by atoms with Crippen molar-refractivity contribution in [3.63, 3.8) is 0 Å². The van der Waals surface area contributed by atoms with Gasteiger partial charge in [-0.1, -0.05) is 38.5 Å². The number of allylic oxidation sites excluding steroid dienone is 4. The monoisotopic (exact) mass is 315 g/mol. The van der Waals surface area contributed by atoms with Crippen molar-refractivity contribution in [3.8, 4) is 0 Å². The van der Waals surface area contributed by atoms with E-state index in [0.29, 0.717) is 17.9 Å². The van der Waals surface area contributed by atoms with Crippen LogP contribution < -0.4 is 5.32 Å². The summed E-state index contributed by atoms with van der Waals surface area (Å²) < 4.78 is 0. The lowest BCUT2D eigenvalue weighted by molar-refractivity contribution is -0.117. The number of hydrogen-bond donors (Lipinski definition) is 2. The first-order valence-electron chi connectivity index (χ1n) is 8.92. The van der Waals surface area contributed by atoms with Crippen molar-refractivity contribution in [1.82, 2.24) is 5.32 Å². The second-order valence-corrected chi connectivity index (χ2v) is 7.93. The number of fused-ring (bicyclic) bond motifs is 3. The molecule has 1 amide bonds. The Morgan fingerprint density at radius 2 is 2.09 bits per heavy atom. The third kappa shape index (κ3) is 2.69. The maximum absolute atomic E-state index is 12.0. The summed E-state index contributed by atoms with van der Waals surface area (Å²) in [6, 6.07) is 0. The van der Waals surface area contributed by atoms with Crippen molar-refractivity contribution < 1.29 is 9.90 Å². The molecular formula is C20H29NO2. The van der Waals surface area contributed by atoms with Crippen molar-refractivity contribution in [2.24, 2.45) is 17.3 Å². The number of nitrogens with one attached hydrogen (secondary N) is 1. The molecule has 3 unspecified atom stereocenters. The summed E-state index contributed by atoms with van der Waals surface area (Å²) in [4.78, 5) is 12.0. The van der Waals surface area contributed by atoms with Gasteiger partial charge in [-0.3, -0.25) is 4.79 Å². The number of aliphatic hydroxyl groups is 1. The average molecular weight is 315 g/mol. The van der Waals surface area contributed by atoms with Gasteiger partial charge in [0.1, 0.15) is 0 Å². The van der Waals surface area contributed by atoms with Crippen LogP contribution in [-0.4, -0.2) is 24.2 Å². The fraction of sp³-hybridized carbons (Fsp3) is 0.650. The van der Waals surface area contributed by atoms with E-state index in [2.05, 4.69) is 32.2 Å². The van der Waals surface area contributed by atoms with Crippen LogP contribution in [0.1, 0.15) is 52.9 Å². The zero-order chi connectivity index (χ0) is 16.8. The van der Waals surface area contributed by atoms with Crippen molar-refractivity contribution in [1.29, 1.82) is 0 Å². The zero-order valence-corrected chi connectivity index (χ0v) is 14.8. The molecule has 3 rings (SSSR count). The van der Waals surface area contributed by atoms with Crippen LogP contribution in [0.25, 0.3) is 0 Å². The van der Waals surface area contributed by atoms with Crippen LogP contribution in [0.2, 0.25) is 0 Å². The molecule has 3 nitrogen and oxygen atoms in total. The maximum atomic E-state index is 12.0. The molecule has 0 radical (unpaired) electrons. The minimum atomic E-state index is -0.460. The van der Waals surface area contributed by atoms with Crippen molar-refractivity contribution >= 4 is 5.91 Å². The highest BCUT2D eigenvalue weighted by Crippen LogP contribution is 2.57. The van der Waals surface area contributed by atoms with Gasteiger partial charge in [0.25, 0.3) is 0 Å². The minimum absolute atomic E-state index is 0.0770. The second-order valence-electron chi connectivity index (χ2n) is 7.93. The summed E-state index contributed by atoms with van der Waals surface area (Å²) in [7, 11) is 1.65. The number of carbonyl (C=O) groups excluding carboxylic acids is 1. The molecule has 0 aromatic rings. The van der Waals surface area contributed by atoms with E-state index in [-0.39, 0.29) is 17.2 Å². The Morgan fingerprint density at radius 3 is 2.74 bits per heavy atom. The molecule has 3 aliphatic rings. The van der Waals surface area contributed by atoms with Gasteiger partial charge in [-0.25, -0.2) is 0 Å². The SMILES string of the molecule is CNC(=O)C1=CC=C2C3=C(C(C)C)CCC3(C)CCC2C(O)C1. The number of aliphatic hydroxyl groups excluding tert-OH is 1. The molecule has 1 saturated carbocycles. The maximum Gasteiger partial charge on any atom is 0.247 e. The van der Waals surface area contributed by atoms with E-state index in [4.69, 9.17) is 0 Å². The highest BCUT2D eigenvalue weighted by Gasteiger charge is 2.46. The second kappa shape index (κ2) is 5.94. The van der Waals surface area contributed by atoms with Gasteiger partial charge in [0.05, 0.1) is 6.10 Å². The molecule has 0 bridgehead atoms. The number of likely N-dealkylation sites (N-methyl/N-ethyl adjacent to an activating group) is 1. The van der Waals surface area contributed by atoms with Gasteiger partial charge in [0.2, 0.25) is 5.91 Å². The fourth-order valence-corrected chi connectivity index (χ4v) is 4.79. The number of hydrogen-bond acceptors (Lipinski definition) is 2. The van der Waals surface area contributed by atoms with Crippen LogP contribution in [0, 0.1) is 17.3 Å². The standard InChI is InChI=1S/C20H29NO2/c1-12(2)14-7-9-20(3)10-8-15-16(18(14)20)6-5-13(11-17(15)22)19(23)21-4/h5-6,12,15,17,22H,7-11H2,1-4H3,(H,21,23). The van der Waals surface area contributed by atoms with E-state index >= 15 is 0 Å². The molecule has 0 aromatic carbocycles. The fourth-order valence-electron chi connectivity index (χ4n) is 4.79. The quantitative estimate of drug-likeness (QED) is 0.819. The predicted molar refractivity (Wildman–Crippen MR) is 92.8 cm³/mol. The van der Waals surface area contributed by atoms with E-state index in [0.717, 1.165) is 12.8 Å². The lowest BCUT2D eigenvalue weighted by atomic mass is 9.64. The van der Waals surface area contributed by atoms with E-state index in [1.54, 1.807) is 12.6 Å². The first-order chi connectivity index (χ1) is 10.9. The van der Waals surface area contributed by atoms with E-state index < -0.39 is 6.10 Å². The zero-order valence-electron chi connectivity index (χ0n) is 14.8. The number of amides is 1. The van der Waals surface area contributed by atoms with Crippen LogP contribution in [0.4, 0.5) is 0 Å². The molecule has 0 heterocycles. The molecule has 0 aliphatic heterocycles. The van der Waals surface area contributed by atoms with Gasteiger partial charge >= 0.3 is 0 Å². The normalized spacial score (nSPS) is 33.7. The summed E-state index contributed by atoms with van der Waals surface area (Å²) in [5, 5.41) is 13.4. The molecule has 2 N–H and O–H groups in total. The lowest BCUT2D eigenvalue weighted by Gasteiger charge is -2.41. The predicted octanol–water partition coefficient (Wildman–Crippen LogP) is 3.51. The molecule has 0 spiro atoms. The van der Waals surface area contributed by atoms with Gasteiger partial charge in [-0.15, -0.1) is 0 Å². The van der Waals surface area contributed by atoms with Crippen LogP contribution in [0.5, 0.6) is 0 Å². The smallest absolute Gasteiger partial charge is 0.247 e. The van der Waals surface area contributed by atoms with Crippen LogP contribution in [0.3, 0.4) is 0 Å². The summed E-state index contributed by atoms with van der Waals surface area (Å²) in [6.07, 6.45) is 8.62. The molecule has 126 valence electrons. The van der Waals surface area contributed by atoms with Crippen molar-refractivity contribution in [3.05, 3.63) is 34.4 Å². The molecule has 1 fully saturated rings. The highest BCUT2D eigenvalue weighted by molar-refractivity contribution is 5.93. The Labute approximate surface area is 139 Å². The van der Waals surface area contributed by atoms with Gasteiger partial charge in [0.15, 0.2) is 0 Å². The minimum Gasteiger partial charge on any atom is -0.392 e. The highest BCUT2D eigenvalue weighted by atomic mass is 16.3. The third-order valence-corrected chi connectivity index (χ3v) is 6.14. The van der Waals surface area contributed by atoms with Gasteiger partial charge in [0, 0.05) is 25.0 Å². The van der Waals surface area contributed by atoms with E-state index in [9.17, 15) is 9.90 Å². The van der Waals surface area contributed by atoms with Crippen LogP contribution >= 0.6 is 0 Å². The lowest BCUT2D eigenvalue weighted by Crippen LogP contribution is -2.34. The molecule has 23 heavy (non-hydrogen) atoms. The summed E-state index contributed by atoms with van der Waals surface area (Å²) >= 11 is 0. The van der Waals surface area contributed by atoms with Crippen LogP contribution in [-0.2, 0) is 4.79 Å². The van der Waals surface area contributed by atoms with Gasteiger partial charge in [-0.05, 0) is 48.2 Å². The van der Waals surface area contributed by atoms with E-state index in [1.165, 1.54) is 24.0 Å². The van der Waals surface area contributed by atoms with Gasteiger partial charge < -0.3 is 10.4 Å². The Morgan fingerprint density at radius 1 is 1.35 bits per heavy atom. The first kappa shape index (κ1) is 16.5.